The Kier molecular flexibility index (Phi) is 4.76. The van der Waals surface area contributed by atoms with Crippen LogP contribution in [0.5, 0.6) is 0 Å². The molecule has 6 heteroatoms. The molecular weight excluding hydrogens is 352 g/mol. The van der Waals surface area contributed by atoms with E-state index in [2.05, 4.69) is 33.6 Å². The predicted molar refractivity (Wildman–Crippen MR) is 110 cm³/mol. The summed E-state index contributed by atoms with van der Waals surface area (Å²) >= 11 is 0. The van der Waals surface area contributed by atoms with Gasteiger partial charge < -0.3 is 15.6 Å². The van der Waals surface area contributed by atoms with Crippen LogP contribution in [0.2, 0.25) is 0 Å². The van der Waals surface area contributed by atoms with E-state index < -0.39 is 11.8 Å². The Morgan fingerprint density at radius 3 is 2.82 bits per heavy atom. The Balaban J connectivity index is 1.39. The number of hydrogen-bond acceptors (Lipinski definition) is 3. The van der Waals surface area contributed by atoms with Crippen LogP contribution in [0.15, 0.2) is 61.1 Å². The first-order valence-corrected chi connectivity index (χ1v) is 9.11. The van der Waals surface area contributed by atoms with Gasteiger partial charge in [-0.3, -0.25) is 14.6 Å². The molecule has 0 fully saturated rings. The molecule has 28 heavy (non-hydrogen) atoms. The van der Waals surface area contributed by atoms with Gasteiger partial charge in [0.2, 0.25) is 0 Å². The van der Waals surface area contributed by atoms with Crippen LogP contribution in [0.25, 0.3) is 21.7 Å². The molecule has 0 aliphatic carbocycles. The molecule has 2 aromatic carbocycles. The van der Waals surface area contributed by atoms with Crippen molar-refractivity contribution in [2.45, 2.75) is 13.3 Å². The van der Waals surface area contributed by atoms with Crippen molar-refractivity contribution in [2.75, 3.05) is 11.9 Å². The van der Waals surface area contributed by atoms with Gasteiger partial charge in [0.1, 0.15) is 0 Å². The number of benzene rings is 2. The van der Waals surface area contributed by atoms with Crippen LogP contribution in [-0.2, 0) is 16.0 Å². The topological polar surface area (TPSA) is 86.9 Å². The third-order valence-corrected chi connectivity index (χ3v) is 4.81. The molecule has 4 aromatic rings. The van der Waals surface area contributed by atoms with Crippen LogP contribution < -0.4 is 10.6 Å². The highest BCUT2D eigenvalue weighted by atomic mass is 16.2. The Labute approximate surface area is 162 Å². The first-order valence-electron chi connectivity index (χ1n) is 9.11. The lowest BCUT2D eigenvalue weighted by Crippen LogP contribution is -2.36. The van der Waals surface area contributed by atoms with Crippen LogP contribution in [0.3, 0.4) is 0 Å². The zero-order valence-electron chi connectivity index (χ0n) is 15.5. The van der Waals surface area contributed by atoms with E-state index in [0.717, 1.165) is 21.9 Å². The average Bonchev–Trinajstić information content (AvgIpc) is 3.12. The Morgan fingerprint density at radius 1 is 1.07 bits per heavy atom. The van der Waals surface area contributed by atoms with Crippen molar-refractivity contribution in [1.82, 2.24) is 15.3 Å². The van der Waals surface area contributed by atoms with Crippen LogP contribution >= 0.6 is 0 Å². The molecular formula is C22H20N4O2. The third-order valence-electron chi connectivity index (χ3n) is 4.81. The van der Waals surface area contributed by atoms with Gasteiger partial charge in [-0.05, 0) is 42.7 Å². The maximum atomic E-state index is 12.3. The molecule has 6 nitrogen and oxygen atoms in total. The van der Waals surface area contributed by atoms with Gasteiger partial charge in [0.25, 0.3) is 0 Å². The zero-order valence-corrected chi connectivity index (χ0v) is 15.5. The summed E-state index contributed by atoms with van der Waals surface area (Å²) in [7, 11) is 0. The smallest absolute Gasteiger partial charge is 0.313 e. The van der Waals surface area contributed by atoms with Crippen molar-refractivity contribution in [2.24, 2.45) is 0 Å². The molecule has 3 N–H and O–H groups in total. The maximum absolute atomic E-state index is 12.3. The number of nitrogens with one attached hydrogen (secondary N) is 3. The number of hydrogen-bond donors (Lipinski definition) is 3. The van der Waals surface area contributed by atoms with E-state index >= 15 is 0 Å². The quantitative estimate of drug-likeness (QED) is 0.480. The van der Waals surface area contributed by atoms with E-state index in [9.17, 15) is 9.59 Å². The normalized spacial score (nSPS) is 10.9. The molecule has 0 unspecified atom stereocenters. The molecule has 4 rings (SSSR count). The number of carbonyl (C=O) groups excluding carboxylic acids is 2. The monoisotopic (exact) mass is 372 g/mol. The lowest BCUT2D eigenvalue weighted by atomic mass is 10.1. The fourth-order valence-electron chi connectivity index (χ4n) is 3.45. The average molecular weight is 372 g/mol. The summed E-state index contributed by atoms with van der Waals surface area (Å²) in [5, 5.41) is 8.29. The van der Waals surface area contributed by atoms with E-state index in [1.807, 2.05) is 36.5 Å². The molecule has 0 atom stereocenters. The van der Waals surface area contributed by atoms with Gasteiger partial charge in [0, 0.05) is 52.5 Å². The van der Waals surface area contributed by atoms with E-state index in [1.54, 1.807) is 18.5 Å². The Hall–Kier alpha value is -3.67. The van der Waals surface area contributed by atoms with Crippen molar-refractivity contribution in [3.05, 3.63) is 72.2 Å². The number of nitrogens with zero attached hydrogens (tertiary/aromatic N) is 1. The third kappa shape index (κ3) is 3.44. The summed E-state index contributed by atoms with van der Waals surface area (Å²) in [4.78, 5) is 31.8. The van der Waals surface area contributed by atoms with Crippen LogP contribution in [0.4, 0.5) is 5.69 Å². The van der Waals surface area contributed by atoms with E-state index in [1.165, 1.54) is 10.9 Å². The summed E-state index contributed by atoms with van der Waals surface area (Å²) in [5.74, 6) is -1.33. The molecule has 0 saturated heterocycles. The number of aryl methyl sites for hydroxylation is 1. The second-order valence-corrected chi connectivity index (χ2v) is 6.67. The molecule has 0 spiro atoms. The second-order valence-electron chi connectivity index (χ2n) is 6.67. The number of pyridine rings is 1. The van der Waals surface area contributed by atoms with E-state index in [0.29, 0.717) is 18.7 Å². The highest BCUT2D eigenvalue weighted by Gasteiger charge is 2.15. The maximum Gasteiger partial charge on any atom is 0.313 e. The minimum atomic E-state index is -0.681. The van der Waals surface area contributed by atoms with E-state index in [4.69, 9.17) is 0 Å². The molecule has 0 bridgehead atoms. The highest BCUT2D eigenvalue weighted by molar-refractivity contribution is 6.40. The fraction of sp³-hybridized carbons (Fsp3) is 0.136. The molecule has 2 heterocycles. The van der Waals surface area contributed by atoms with Gasteiger partial charge in [-0.2, -0.15) is 0 Å². The van der Waals surface area contributed by atoms with Crippen molar-refractivity contribution in [3.8, 4) is 0 Å². The lowest BCUT2D eigenvalue weighted by Gasteiger charge is -2.09. The number of amides is 2. The van der Waals surface area contributed by atoms with Gasteiger partial charge in [-0.15, -0.1) is 0 Å². The molecule has 0 radical (unpaired) electrons. The number of anilines is 1. The molecule has 0 aliphatic rings. The van der Waals surface area contributed by atoms with Gasteiger partial charge in [0.05, 0.1) is 0 Å². The number of H-pyrrole nitrogens is 1. The number of rotatable bonds is 4. The number of aromatic amines is 1. The van der Waals surface area contributed by atoms with Gasteiger partial charge in [0.15, 0.2) is 0 Å². The highest BCUT2D eigenvalue weighted by Crippen LogP contribution is 2.23. The Morgan fingerprint density at radius 2 is 1.93 bits per heavy atom. The number of aromatic nitrogens is 2. The van der Waals surface area contributed by atoms with Crippen LogP contribution in [0.1, 0.15) is 11.1 Å². The van der Waals surface area contributed by atoms with Crippen LogP contribution in [0, 0.1) is 6.92 Å². The van der Waals surface area contributed by atoms with Crippen molar-refractivity contribution in [1.29, 1.82) is 0 Å². The summed E-state index contributed by atoms with van der Waals surface area (Å²) in [6.45, 7) is 2.44. The summed E-state index contributed by atoms with van der Waals surface area (Å²) in [6, 6.07) is 13.4. The first kappa shape index (κ1) is 17.7. The molecule has 2 aromatic heterocycles. The summed E-state index contributed by atoms with van der Waals surface area (Å²) in [6.07, 6.45) is 5.97. The SMILES string of the molecule is Cc1cccc2[nH]cc(CCNC(=O)C(=O)Nc3cccc4cnccc34)c12. The zero-order chi connectivity index (χ0) is 19.5. The van der Waals surface area contributed by atoms with Gasteiger partial charge in [-0.1, -0.05) is 24.3 Å². The van der Waals surface area contributed by atoms with Crippen molar-refractivity contribution < 1.29 is 9.59 Å². The van der Waals surface area contributed by atoms with Crippen LogP contribution in [-0.4, -0.2) is 28.3 Å². The molecule has 0 saturated carbocycles. The Bertz CT molecular complexity index is 1170. The summed E-state index contributed by atoms with van der Waals surface area (Å²) < 4.78 is 0. The predicted octanol–water partition coefficient (Wildman–Crippen LogP) is 3.32. The number of carbonyl (C=O) groups is 2. The minimum Gasteiger partial charge on any atom is -0.361 e. The van der Waals surface area contributed by atoms with Crippen molar-refractivity contribution >= 4 is 39.2 Å². The van der Waals surface area contributed by atoms with Crippen molar-refractivity contribution in [3.63, 3.8) is 0 Å². The number of fused-ring (bicyclic) bond motifs is 2. The molecule has 0 aliphatic heterocycles. The van der Waals surface area contributed by atoms with Gasteiger partial charge in [-0.25, -0.2) is 0 Å². The molecule has 140 valence electrons. The second kappa shape index (κ2) is 7.52. The molecule has 2 amide bonds. The van der Waals surface area contributed by atoms with E-state index in [-0.39, 0.29) is 0 Å². The van der Waals surface area contributed by atoms with Gasteiger partial charge >= 0.3 is 11.8 Å². The largest absolute Gasteiger partial charge is 0.361 e. The minimum absolute atomic E-state index is 0.382. The lowest BCUT2D eigenvalue weighted by molar-refractivity contribution is -0.136. The first-order chi connectivity index (χ1) is 13.6. The fourth-order valence-corrected chi connectivity index (χ4v) is 3.45. The standard InChI is InChI=1S/C22H20N4O2/c1-14-4-2-7-19-20(14)16(13-25-19)8-11-24-21(27)22(28)26-18-6-3-5-15-12-23-10-9-17(15)18/h2-7,9-10,12-13,25H,8,11H2,1H3,(H,24,27)(H,26,28). The summed E-state index contributed by atoms with van der Waals surface area (Å²) in [5.41, 5.74) is 3.97.